The van der Waals surface area contributed by atoms with E-state index in [0.717, 1.165) is 0 Å². The van der Waals surface area contributed by atoms with Gasteiger partial charge in [-0.2, -0.15) is 0 Å². The van der Waals surface area contributed by atoms with Crippen molar-refractivity contribution in [2.24, 2.45) is 5.14 Å². The smallest absolute Gasteiger partial charge is 0.238 e. The quantitative estimate of drug-likeness (QED) is 0.613. The summed E-state index contributed by atoms with van der Waals surface area (Å²) in [6, 6.07) is 5.15. The first-order valence-corrected chi connectivity index (χ1v) is 6.01. The molecule has 0 aliphatic rings. The van der Waals surface area contributed by atoms with Gasteiger partial charge in [0, 0.05) is 5.56 Å². The molecular weight excluding hydrogens is 230 g/mol. The van der Waals surface area contributed by atoms with Crippen LogP contribution >= 0.6 is 0 Å². The molecule has 0 atom stereocenters. The fourth-order valence-electron chi connectivity index (χ4n) is 1.16. The van der Waals surface area contributed by atoms with E-state index in [-0.39, 0.29) is 22.9 Å². The van der Waals surface area contributed by atoms with Gasteiger partial charge in [0.1, 0.15) is 5.78 Å². The Morgan fingerprint density at radius 2 is 1.69 bits per heavy atom. The number of carbonyl (C=O) groups excluding carboxylic acids is 2. The standard InChI is InChI=1S/C10H11NO4S/c1-7(12)6-10(13)8-2-4-9(5-3-8)16(11,14)15/h2-5H,6H2,1H3,(H2,11,14,15). The van der Waals surface area contributed by atoms with Crippen molar-refractivity contribution in [2.75, 3.05) is 0 Å². The van der Waals surface area contributed by atoms with Crippen molar-refractivity contribution >= 4 is 21.6 Å². The second-order valence-corrected chi connectivity index (χ2v) is 4.93. The molecule has 0 heterocycles. The Balaban J connectivity index is 2.96. The summed E-state index contributed by atoms with van der Waals surface area (Å²) in [6.07, 6.45) is -0.186. The third-order valence-electron chi connectivity index (χ3n) is 1.91. The molecule has 0 amide bonds. The number of Topliss-reactive ketones (excluding diaryl/α,β-unsaturated/α-hetero) is 2. The van der Waals surface area contributed by atoms with Crippen LogP contribution in [-0.2, 0) is 14.8 Å². The van der Waals surface area contributed by atoms with E-state index in [0.29, 0.717) is 5.56 Å². The Labute approximate surface area is 93.3 Å². The summed E-state index contributed by atoms with van der Waals surface area (Å²) in [5.74, 6) is -0.575. The number of ketones is 2. The molecule has 6 heteroatoms. The number of benzene rings is 1. The van der Waals surface area contributed by atoms with Crippen LogP contribution in [0.5, 0.6) is 0 Å². The second kappa shape index (κ2) is 4.54. The van der Waals surface area contributed by atoms with Crippen LogP contribution in [0.2, 0.25) is 0 Å². The van der Waals surface area contributed by atoms with Crippen molar-refractivity contribution in [2.45, 2.75) is 18.2 Å². The third-order valence-corrected chi connectivity index (χ3v) is 2.84. The molecule has 0 saturated carbocycles. The van der Waals surface area contributed by atoms with Crippen molar-refractivity contribution in [1.82, 2.24) is 0 Å². The van der Waals surface area contributed by atoms with Gasteiger partial charge in [-0.05, 0) is 19.1 Å². The van der Waals surface area contributed by atoms with Crippen molar-refractivity contribution < 1.29 is 18.0 Å². The molecule has 0 aliphatic heterocycles. The van der Waals surface area contributed by atoms with Gasteiger partial charge < -0.3 is 0 Å². The van der Waals surface area contributed by atoms with Crippen molar-refractivity contribution in [3.8, 4) is 0 Å². The fraction of sp³-hybridized carbons (Fsp3) is 0.200. The van der Waals surface area contributed by atoms with Crippen LogP contribution in [0.1, 0.15) is 23.7 Å². The van der Waals surface area contributed by atoms with Crippen LogP contribution in [-0.4, -0.2) is 20.0 Å². The van der Waals surface area contributed by atoms with Gasteiger partial charge in [0.2, 0.25) is 10.0 Å². The summed E-state index contributed by atoms with van der Waals surface area (Å²) in [4.78, 5) is 22.1. The summed E-state index contributed by atoms with van der Waals surface area (Å²) in [5, 5.41) is 4.90. The Morgan fingerprint density at radius 3 is 2.06 bits per heavy atom. The lowest BCUT2D eigenvalue weighted by Gasteiger charge is -2.00. The highest BCUT2D eigenvalue weighted by atomic mass is 32.2. The molecule has 1 rings (SSSR count). The molecule has 0 unspecified atom stereocenters. The van der Waals surface area contributed by atoms with E-state index in [1.807, 2.05) is 0 Å². The Kier molecular flexibility index (Phi) is 3.56. The first kappa shape index (κ1) is 12.5. The summed E-state index contributed by atoms with van der Waals surface area (Å²) in [7, 11) is -3.75. The van der Waals surface area contributed by atoms with Gasteiger partial charge in [-0.25, -0.2) is 13.6 Å². The maximum absolute atomic E-state index is 11.4. The zero-order valence-corrected chi connectivity index (χ0v) is 9.45. The molecule has 16 heavy (non-hydrogen) atoms. The van der Waals surface area contributed by atoms with Gasteiger partial charge in [0.25, 0.3) is 0 Å². The maximum atomic E-state index is 11.4. The first-order valence-electron chi connectivity index (χ1n) is 4.46. The normalized spacial score (nSPS) is 11.1. The molecule has 0 saturated heterocycles. The van der Waals surface area contributed by atoms with Crippen LogP contribution < -0.4 is 5.14 Å². The van der Waals surface area contributed by atoms with Gasteiger partial charge in [-0.15, -0.1) is 0 Å². The lowest BCUT2D eigenvalue weighted by Crippen LogP contribution is -2.12. The highest BCUT2D eigenvalue weighted by Crippen LogP contribution is 2.10. The summed E-state index contributed by atoms with van der Waals surface area (Å²) in [6.45, 7) is 1.32. The van der Waals surface area contributed by atoms with Crippen LogP contribution in [0.3, 0.4) is 0 Å². The van der Waals surface area contributed by atoms with E-state index in [4.69, 9.17) is 5.14 Å². The van der Waals surface area contributed by atoms with Crippen molar-refractivity contribution in [1.29, 1.82) is 0 Å². The molecule has 86 valence electrons. The lowest BCUT2D eigenvalue weighted by molar-refractivity contribution is -0.116. The highest BCUT2D eigenvalue weighted by molar-refractivity contribution is 7.89. The minimum atomic E-state index is -3.75. The Morgan fingerprint density at radius 1 is 1.19 bits per heavy atom. The van der Waals surface area contributed by atoms with E-state index in [1.165, 1.54) is 31.2 Å². The Hall–Kier alpha value is -1.53. The van der Waals surface area contributed by atoms with E-state index in [1.54, 1.807) is 0 Å². The van der Waals surface area contributed by atoms with Gasteiger partial charge in [-0.3, -0.25) is 9.59 Å². The molecule has 0 aromatic heterocycles. The molecule has 1 aromatic carbocycles. The molecule has 0 radical (unpaired) electrons. The molecular formula is C10H11NO4S. The summed E-state index contributed by atoms with van der Waals surface area (Å²) >= 11 is 0. The number of primary sulfonamides is 1. The topological polar surface area (TPSA) is 94.3 Å². The second-order valence-electron chi connectivity index (χ2n) is 3.37. The minimum absolute atomic E-state index is 0.0631. The highest BCUT2D eigenvalue weighted by Gasteiger charge is 2.11. The van der Waals surface area contributed by atoms with Crippen LogP contribution in [0.15, 0.2) is 29.2 Å². The minimum Gasteiger partial charge on any atom is -0.300 e. The molecule has 0 bridgehead atoms. The molecule has 1 aromatic rings. The largest absolute Gasteiger partial charge is 0.300 e. The van der Waals surface area contributed by atoms with E-state index in [2.05, 4.69) is 0 Å². The number of hydrogen-bond acceptors (Lipinski definition) is 4. The van der Waals surface area contributed by atoms with Crippen LogP contribution in [0.4, 0.5) is 0 Å². The average Bonchev–Trinajstić information content (AvgIpc) is 2.15. The van der Waals surface area contributed by atoms with Crippen molar-refractivity contribution in [3.05, 3.63) is 29.8 Å². The molecule has 0 spiro atoms. The van der Waals surface area contributed by atoms with E-state index >= 15 is 0 Å². The predicted molar refractivity (Wildman–Crippen MR) is 57.4 cm³/mol. The lowest BCUT2D eigenvalue weighted by atomic mass is 10.1. The molecule has 5 nitrogen and oxygen atoms in total. The third kappa shape index (κ3) is 3.25. The van der Waals surface area contributed by atoms with Crippen LogP contribution in [0, 0.1) is 0 Å². The van der Waals surface area contributed by atoms with Gasteiger partial charge >= 0.3 is 0 Å². The number of nitrogens with two attached hydrogens (primary N) is 1. The van der Waals surface area contributed by atoms with Gasteiger partial charge in [-0.1, -0.05) is 12.1 Å². The molecule has 0 aliphatic carbocycles. The zero-order chi connectivity index (χ0) is 12.3. The fourth-order valence-corrected chi connectivity index (χ4v) is 1.67. The number of hydrogen-bond donors (Lipinski definition) is 1. The van der Waals surface area contributed by atoms with E-state index < -0.39 is 10.0 Å². The average molecular weight is 241 g/mol. The number of rotatable bonds is 4. The summed E-state index contributed by atoms with van der Waals surface area (Å²) < 4.78 is 21.9. The Bertz CT molecular complexity index is 516. The maximum Gasteiger partial charge on any atom is 0.238 e. The zero-order valence-electron chi connectivity index (χ0n) is 8.64. The number of sulfonamides is 1. The van der Waals surface area contributed by atoms with Gasteiger partial charge in [0.15, 0.2) is 5.78 Å². The van der Waals surface area contributed by atoms with Crippen LogP contribution in [0.25, 0.3) is 0 Å². The van der Waals surface area contributed by atoms with Gasteiger partial charge in [0.05, 0.1) is 11.3 Å². The van der Waals surface area contributed by atoms with E-state index in [9.17, 15) is 18.0 Å². The monoisotopic (exact) mass is 241 g/mol. The molecule has 0 fully saturated rings. The van der Waals surface area contributed by atoms with Crippen molar-refractivity contribution in [3.63, 3.8) is 0 Å². The SMILES string of the molecule is CC(=O)CC(=O)c1ccc(S(N)(=O)=O)cc1. The number of carbonyl (C=O) groups is 2. The predicted octanol–water partition coefficient (Wildman–Crippen LogP) is 0.496. The summed E-state index contributed by atoms with van der Waals surface area (Å²) in [5.41, 5.74) is 0.294. The first-order chi connectivity index (χ1) is 7.30. The molecule has 2 N–H and O–H groups in total.